The molecule has 0 saturated carbocycles. The minimum atomic E-state index is -0.194. The largest absolute Gasteiger partial charge is 0.485 e. The topological polar surface area (TPSA) is 21.8 Å². The second-order valence-corrected chi connectivity index (χ2v) is 6.69. The molecule has 1 aromatic carbocycles. The number of ether oxygens (including phenoxy) is 2. The lowest BCUT2D eigenvalue weighted by Crippen LogP contribution is -2.37. The standard InChI is InChI=1S/C15H20O2/c1-14(2,3)9-6-7-11-10(8-9)12-13(16-12)15(4,5)17-11/h6-8,12-13H,1-5H3/t12-,13+/m1/s1. The Kier molecular flexibility index (Phi) is 1.99. The van der Waals surface area contributed by atoms with Gasteiger partial charge in [-0.1, -0.05) is 26.8 Å². The van der Waals surface area contributed by atoms with Crippen LogP contribution < -0.4 is 4.74 Å². The molecule has 0 N–H and O–H groups in total. The van der Waals surface area contributed by atoms with Crippen LogP contribution >= 0.6 is 0 Å². The van der Waals surface area contributed by atoms with Crippen LogP contribution in [0.3, 0.4) is 0 Å². The second kappa shape index (κ2) is 3.05. The zero-order chi connectivity index (χ0) is 12.4. The molecule has 2 heterocycles. The fraction of sp³-hybridized carbons (Fsp3) is 0.600. The van der Waals surface area contributed by atoms with Gasteiger partial charge in [-0.2, -0.15) is 0 Å². The molecular formula is C15H20O2. The highest BCUT2D eigenvalue weighted by Gasteiger charge is 2.56. The summed E-state index contributed by atoms with van der Waals surface area (Å²) in [5.41, 5.74) is 2.54. The SMILES string of the molecule is CC(C)(C)c1ccc2c(c1)[C@H]1O[C@@H]1C(C)(C)O2. The molecular weight excluding hydrogens is 212 g/mol. The molecule has 0 spiro atoms. The van der Waals surface area contributed by atoms with E-state index in [4.69, 9.17) is 9.47 Å². The van der Waals surface area contributed by atoms with Crippen molar-refractivity contribution >= 4 is 0 Å². The minimum absolute atomic E-state index is 0.173. The number of benzene rings is 1. The van der Waals surface area contributed by atoms with E-state index in [0.717, 1.165) is 5.75 Å². The van der Waals surface area contributed by atoms with Crippen LogP contribution in [0.1, 0.15) is 51.8 Å². The fourth-order valence-corrected chi connectivity index (χ4v) is 2.55. The Bertz CT molecular complexity index is 468. The maximum Gasteiger partial charge on any atom is 0.132 e. The first-order chi connectivity index (χ1) is 7.79. The Morgan fingerprint density at radius 1 is 1.18 bits per heavy atom. The third-order valence-electron chi connectivity index (χ3n) is 3.73. The number of hydrogen-bond acceptors (Lipinski definition) is 2. The number of hydrogen-bond donors (Lipinski definition) is 0. The van der Waals surface area contributed by atoms with Gasteiger partial charge in [0, 0.05) is 5.56 Å². The zero-order valence-electron chi connectivity index (χ0n) is 11.2. The van der Waals surface area contributed by atoms with Crippen molar-refractivity contribution in [3.63, 3.8) is 0 Å². The third kappa shape index (κ3) is 1.66. The monoisotopic (exact) mass is 232 g/mol. The first-order valence-corrected chi connectivity index (χ1v) is 6.28. The molecule has 1 fully saturated rings. The van der Waals surface area contributed by atoms with Crippen LogP contribution in [-0.2, 0) is 10.2 Å². The lowest BCUT2D eigenvalue weighted by atomic mass is 9.84. The Morgan fingerprint density at radius 2 is 1.88 bits per heavy atom. The molecule has 2 nitrogen and oxygen atoms in total. The molecule has 0 aliphatic carbocycles. The quantitative estimate of drug-likeness (QED) is 0.637. The van der Waals surface area contributed by atoms with E-state index >= 15 is 0 Å². The molecule has 92 valence electrons. The summed E-state index contributed by atoms with van der Waals surface area (Å²) >= 11 is 0. The Morgan fingerprint density at radius 3 is 2.53 bits per heavy atom. The van der Waals surface area contributed by atoms with Crippen LogP contribution in [0.2, 0.25) is 0 Å². The number of fused-ring (bicyclic) bond motifs is 3. The molecule has 2 heteroatoms. The van der Waals surface area contributed by atoms with Crippen LogP contribution in [0.25, 0.3) is 0 Å². The zero-order valence-corrected chi connectivity index (χ0v) is 11.2. The summed E-state index contributed by atoms with van der Waals surface area (Å²) in [4.78, 5) is 0. The molecule has 0 bridgehead atoms. The van der Waals surface area contributed by atoms with Crippen LogP contribution in [-0.4, -0.2) is 11.7 Å². The van der Waals surface area contributed by atoms with Gasteiger partial charge >= 0.3 is 0 Å². The molecule has 0 radical (unpaired) electrons. The van der Waals surface area contributed by atoms with Gasteiger partial charge in [0.2, 0.25) is 0 Å². The van der Waals surface area contributed by atoms with E-state index in [9.17, 15) is 0 Å². The van der Waals surface area contributed by atoms with Gasteiger partial charge in [0.15, 0.2) is 0 Å². The van der Waals surface area contributed by atoms with Crippen molar-refractivity contribution in [3.8, 4) is 5.75 Å². The van der Waals surface area contributed by atoms with Gasteiger partial charge in [-0.3, -0.25) is 0 Å². The second-order valence-electron chi connectivity index (χ2n) is 6.69. The van der Waals surface area contributed by atoms with Gasteiger partial charge in [0.1, 0.15) is 23.6 Å². The third-order valence-corrected chi connectivity index (χ3v) is 3.73. The normalized spacial score (nSPS) is 29.0. The highest BCUT2D eigenvalue weighted by Crippen LogP contribution is 2.54. The van der Waals surface area contributed by atoms with E-state index in [2.05, 4.69) is 52.8 Å². The molecule has 3 rings (SSSR count). The predicted molar refractivity (Wildman–Crippen MR) is 67.5 cm³/mol. The molecule has 0 aromatic heterocycles. The molecule has 2 atom stereocenters. The van der Waals surface area contributed by atoms with Crippen molar-refractivity contribution in [2.45, 2.75) is 57.8 Å². The van der Waals surface area contributed by atoms with Gasteiger partial charge in [-0.05, 0) is 37.0 Å². The molecule has 0 unspecified atom stereocenters. The lowest BCUT2D eigenvalue weighted by molar-refractivity contribution is 0.0725. The van der Waals surface area contributed by atoms with Crippen molar-refractivity contribution in [2.75, 3.05) is 0 Å². The summed E-state index contributed by atoms with van der Waals surface area (Å²) < 4.78 is 11.8. The summed E-state index contributed by atoms with van der Waals surface area (Å²) in [6, 6.07) is 6.50. The Labute approximate surface area is 103 Å². The minimum Gasteiger partial charge on any atom is -0.485 e. The van der Waals surface area contributed by atoms with Gasteiger partial charge in [0.25, 0.3) is 0 Å². The molecule has 2 aliphatic heterocycles. The summed E-state index contributed by atoms with van der Waals surface area (Å²) in [6.45, 7) is 10.9. The van der Waals surface area contributed by atoms with Crippen molar-refractivity contribution in [2.24, 2.45) is 0 Å². The fourth-order valence-electron chi connectivity index (χ4n) is 2.55. The number of rotatable bonds is 0. The van der Waals surface area contributed by atoms with E-state index in [1.54, 1.807) is 0 Å². The summed E-state index contributed by atoms with van der Waals surface area (Å²) in [7, 11) is 0. The molecule has 17 heavy (non-hydrogen) atoms. The highest BCUT2D eigenvalue weighted by atomic mass is 16.6. The van der Waals surface area contributed by atoms with E-state index in [-0.39, 0.29) is 23.2 Å². The van der Waals surface area contributed by atoms with Gasteiger partial charge in [-0.15, -0.1) is 0 Å². The molecule has 0 amide bonds. The summed E-state index contributed by atoms with van der Waals surface area (Å²) in [6.07, 6.45) is 0.473. The van der Waals surface area contributed by atoms with Crippen LogP contribution in [0.15, 0.2) is 18.2 Å². The maximum absolute atomic E-state index is 6.02. The first kappa shape index (κ1) is 11.1. The van der Waals surface area contributed by atoms with Crippen molar-refractivity contribution in [1.82, 2.24) is 0 Å². The molecule has 1 aromatic rings. The van der Waals surface area contributed by atoms with Crippen molar-refractivity contribution < 1.29 is 9.47 Å². The van der Waals surface area contributed by atoms with Crippen LogP contribution in [0.4, 0.5) is 0 Å². The van der Waals surface area contributed by atoms with E-state index in [0.29, 0.717) is 0 Å². The molecule has 2 aliphatic rings. The van der Waals surface area contributed by atoms with Crippen molar-refractivity contribution in [1.29, 1.82) is 0 Å². The van der Waals surface area contributed by atoms with E-state index in [1.165, 1.54) is 11.1 Å². The maximum atomic E-state index is 6.02. The predicted octanol–water partition coefficient (Wildman–Crippen LogP) is 3.60. The van der Waals surface area contributed by atoms with Gasteiger partial charge in [0.05, 0.1) is 0 Å². The van der Waals surface area contributed by atoms with E-state index in [1.807, 2.05) is 0 Å². The highest BCUT2D eigenvalue weighted by molar-refractivity contribution is 5.46. The smallest absolute Gasteiger partial charge is 0.132 e. The Hall–Kier alpha value is -1.02. The van der Waals surface area contributed by atoms with Gasteiger partial charge in [-0.25, -0.2) is 0 Å². The van der Waals surface area contributed by atoms with Crippen LogP contribution in [0.5, 0.6) is 5.75 Å². The number of epoxide rings is 1. The van der Waals surface area contributed by atoms with Crippen LogP contribution in [0, 0.1) is 0 Å². The van der Waals surface area contributed by atoms with Crippen molar-refractivity contribution in [3.05, 3.63) is 29.3 Å². The summed E-state index contributed by atoms with van der Waals surface area (Å²) in [5.74, 6) is 0.988. The average Bonchev–Trinajstić information content (AvgIpc) is 2.95. The first-order valence-electron chi connectivity index (χ1n) is 6.28. The Balaban J connectivity index is 2.04. The average molecular weight is 232 g/mol. The van der Waals surface area contributed by atoms with Gasteiger partial charge < -0.3 is 9.47 Å². The lowest BCUT2D eigenvalue weighted by Gasteiger charge is -2.30. The summed E-state index contributed by atoms with van der Waals surface area (Å²) in [5, 5.41) is 0. The molecule has 1 saturated heterocycles. The van der Waals surface area contributed by atoms with E-state index < -0.39 is 0 Å².